The van der Waals surface area contributed by atoms with Crippen LogP contribution in [0.3, 0.4) is 0 Å². The van der Waals surface area contributed by atoms with Gasteiger partial charge in [-0.1, -0.05) is 0 Å². The Bertz CT molecular complexity index is 635. The Labute approximate surface area is 138 Å². The van der Waals surface area contributed by atoms with Crippen LogP contribution in [0.25, 0.3) is 0 Å². The molecule has 1 atom stereocenters. The van der Waals surface area contributed by atoms with Gasteiger partial charge in [0, 0.05) is 39.4 Å². The van der Waals surface area contributed by atoms with Gasteiger partial charge in [0.15, 0.2) is 0 Å². The van der Waals surface area contributed by atoms with Gasteiger partial charge in [-0.3, -0.25) is 4.79 Å². The summed E-state index contributed by atoms with van der Waals surface area (Å²) in [7, 11) is -0.513. The molecule has 0 aliphatic carbocycles. The standard InChI is InChI=1S/C16H24N2O4S/c1-4-18(12-14-6-5-11-22-14)16(19)13-7-9-15(10-8-13)23(20,21)17(2)3/h7-10,14H,4-6,11-12H2,1-3H3/t14-/m0/s1. The molecule has 1 amide bonds. The summed E-state index contributed by atoms with van der Waals surface area (Å²) in [4.78, 5) is 14.5. The van der Waals surface area contributed by atoms with E-state index in [-0.39, 0.29) is 16.9 Å². The van der Waals surface area contributed by atoms with Crippen LogP contribution in [-0.4, -0.2) is 63.4 Å². The maximum Gasteiger partial charge on any atom is 0.253 e. The summed E-state index contributed by atoms with van der Waals surface area (Å²) in [5.74, 6) is -0.100. The molecule has 0 radical (unpaired) electrons. The van der Waals surface area contributed by atoms with E-state index in [1.54, 1.807) is 17.0 Å². The number of amides is 1. The number of likely N-dealkylation sites (N-methyl/N-ethyl adjacent to an activating group) is 1. The third kappa shape index (κ3) is 4.10. The molecular weight excluding hydrogens is 316 g/mol. The predicted molar refractivity (Wildman–Crippen MR) is 87.9 cm³/mol. The number of hydrogen-bond acceptors (Lipinski definition) is 4. The molecular formula is C16H24N2O4S. The zero-order chi connectivity index (χ0) is 17.0. The average molecular weight is 340 g/mol. The Morgan fingerprint density at radius 2 is 1.91 bits per heavy atom. The number of sulfonamides is 1. The van der Waals surface area contributed by atoms with Crippen LogP contribution in [0.5, 0.6) is 0 Å². The molecule has 6 nitrogen and oxygen atoms in total. The molecule has 0 N–H and O–H groups in total. The Morgan fingerprint density at radius 1 is 1.26 bits per heavy atom. The van der Waals surface area contributed by atoms with Crippen molar-refractivity contribution >= 4 is 15.9 Å². The number of carbonyl (C=O) groups is 1. The number of carbonyl (C=O) groups excluding carboxylic acids is 1. The molecule has 0 bridgehead atoms. The Morgan fingerprint density at radius 3 is 2.39 bits per heavy atom. The van der Waals surface area contributed by atoms with E-state index < -0.39 is 10.0 Å². The third-order valence-electron chi connectivity index (χ3n) is 4.00. The van der Waals surface area contributed by atoms with Gasteiger partial charge in [-0.05, 0) is 44.0 Å². The van der Waals surface area contributed by atoms with Gasteiger partial charge in [0.2, 0.25) is 10.0 Å². The van der Waals surface area contributed by atoms with Crippen LogP contribution >= 0.6 is 0 Å². The van der Waals surface area contributed by atoms with Gasteiger partial charge in [0.05, 0.1) is 11.0 Å². The predicted octanol–water partition coefficient (Wildman–Crippen LogP) is 1.58. The molecule has 1 aliphatic heterocycles. The number of nitrogens with zero attached hydrogens (tertiary/aromatic N) is 2. The molecule has 0 saturated carbocycles. The topological polar surface area (TPSA) is 66.9 Å². The summed E-state index contributed by atoms with van der Waals surface area (Å²) >= 11 is 0. The second-order valence-electron chi connectivity index (χ2n) is 5.79. The molecule has 1 aromatic carbocycles. The van der Waals surface area contributed by atoms with E-state index in [9.17, 15) is 13.2 Å². The first-order valence-electron chi connectivity index (χ1n) is 7.79. The molecule has 1 heterocycles. The highest BCUT2D eigenvalue weighted by molar-refractivity contribution is 7.89. The van der Waals surface area contributed by atoms with Gasteiger partial charge in [-0.2, -0.15) is 0 Å². The second-order valence-corrected chi connectivity index (χ2v) is 7.94. The number of benzene rings is 1. The second kappa shape index (κ2) is 7.42. The minimum Gasteiger partial charge on any atom is -0.376 e. The zero-order valence-corrected chi connectivity index (χ0v) is 14.7. The summed E-state index contributed by atoms with van der Waals surface area (Å²) in [5.41, 5.74) is 0.488. The number of ether oxygens (including phenoxy) is 1. The summed E-state index contributed by atoms with van der Waals surface area (Å²) in [6.45, 7) is 3.86. The Kier molecular flexibility index (Phi) is 5.78. The third-order valence-corrected chi connectivity index (χ3v) is 5.83. The molecule has 1 saturated heterocycles. The molecule has 1 aliphatic rings. The fourth-order valence-corrected chi connectivity index (χ4v) is 3.45. The Balaban J connectivity index is 2.12. The summed E-state index contributed by atoms with van der Waals surface area (Å²) in [5, 5.41) is 0. The minimum atomic E-state index is -3.48. The highest BCUT2D eigenvalue weighted by Gasteiger charge is 2.23. The van der Waals surface area contributed by atoms with Crippen molar-refractivity contribution in [2.45, 2.75) is 30.8 Å². The largest absolute Gasteiger partial charge is 0.376 e. The molecule has 2 rings (SSSR count). The van der Waals surface area contributed by atoms with E-state index in [4.69, 9.17) is 4.74 Å². The lowest BCUT2D eigenvalue weighted by molar-refractivity contribution is 0.0539. The first-order valence-corrected chi connectivity index (χ1v) is 9.23. The van der Waals surface area contributed by atoms with Gasteiger partial charge in [0.1, 0.15) is 0 Å². The maximum absolute atomic E-state index is 12.6. The van der Waals surface area contributed by atoms with Gasteiger partial charge < -0.3 is 9.64 Å². The van der Waals surface area contributed by atoms with Gasteiger partial charge in [0.25, 0.3) is 5.91 Å². The summed E-state index contributed by atoms with van der Waals surface area (Å²) in [6, 6.07) is 6.08. The zero-order valence-electron chi connectivity index (χ0n) is 13.9. The van der Waals surface area contributed by atoms with E-state index in [0.717, 1.165) is 23.8 Å². The lowest BCUT2D eigenvalue weighted by Crippen LogP contribution is -2.37. The van der Waals surface area contributed by atoms with Crippen molar-refractivity contribution in [2.24, 2.45) is 0 Å². The fourth-order valence-electron chi connectivity index (χ4n) is 2.55. The Hall–Kier alpha value is -1.44. The fraction of sp³-hybridized carbons (Fsp3) is 0.562. The SMILES string of the molecule is CCN(C[C@@H]1CCCO1)C(=O)c1ccc(S(=O)(=O)N(C)C)cc1. The lowest BCUT2D eigenvalue weighted by Gasteiger charge is -2.24. The van der Waals surface area contributed by atoms with Crippen molar-refractivity contribution in [1.29, 1.82) is 0 Å². The summed E-state index contributed by atoms with van der Waals surface area (Å²) in [6.07, 6.45) is 2.12. The van der Waals surface area contributed by atoms with E-state index in [1.807, 2.05) is 6.92 Å². The molecule has 23 heavy (non-hydrogen) atoms. The lowest BCUT2D eigenvalue weighted by atomic mass is 10.1. The van der Waals surface area contributed by atoms with E-state index in [2.05, 4.69) is 0 Å². The first-order chi connectivity index (χ1) is 10.9. The molecule has 1 fully saturated rings. The highest BCUT2D eigenvalue weighted by atomic mass is 32.2. The van der Waals surface area contributed by atoms with E-state index >= 15 is 0 Å². The highest BCUT2D eigenvalue weighted by Crippen LogP contribution is 2.17. The van der Waals surface area contributed by atoms with Crippen molar-refractivity contribution in [3.8, 4) is 0 Å². The van der Waals surface area contributed by atoms with Gasteiger partial charge >= 0.3 is 0 Å². The van der Waals surface area contributed by atoms with Crippen molar-refractivity contribution in [2.75, 3.05) is 33.8 Å². The molecule has 0 aromatic heterocycles. The van der Waals surface area contributed by atoms with Gasteiger partial charge in [-0.15, -0.1) is 0 Å². The maximum atomic E-state index is 12.6. The average Bonchev–Trinajstić information content (AvgIpc) is 3.05. The smallest absolute Gasteiger partial charge is 0.253 e. The molecule has 1 aromatic rings. The van der Waals surface area contributed by atoms with Crippen LogP contribution in [0.2, 0.25) is 0 Å². The van der Waals surface area contributed by atoms with Crippen LogP contribution in [-0.2, 0) is 14.8 Å². The summed E-state index contributed by atoms with van der Waals surface area (Å²) < 4.78 is 30.8. The van der Waals surface area contributed by atoms with Crippen LogP contribution in [0.4, 0.5) is 0 Å². The van der Waals surface area contributed by atoms with Crippen molar-refractivity contribution in [1.82, 2.24) is 9.21 Å². The number of rotatable bonds is 6. The van der Waals surface area contributed by atoms with E-state index in [0.29, 0.717) is 18.7 Å². The number of hydrogen-bond donors (Lipinski definition) is 0. The van der Waals surface area contributed by atoms with Crippen LogP contribution in [0.1, 0.15) is 30.1 Å². The normalized spacial score (nSPS) is 18.3. The van der Waals surface area contributed by atoms with Crippen LogP contribution < -0.4 is 0 Å². The first kappa shape index (κ1) is 17.9. The van der Waals surface area contributed by atoms with Crippen molar-refractivity contribution < 1.29 is 17.9 Å². The quantitative estimate of drug-likeness (QED) is 0.788. The van der Waals surface area contributed by atoms with Crippen molar-refractivity contribution in [3.05, 3.63) is 29.8 Å². The monoisotopic (exact) mass is 340 g/mol. The van der Waals surface area contributed by atoms with E-state index in [1.165, 1.54) is 26.2 Å². The van der Waals surface area contributed by atoms with Crippen LogP contribution in [0.15, 0.2) is 29.2 Å². The van der Waals surface area contributed by atoms with Crippen LogP contribution in [0, 0.1) is 0 Å². The molecule has 0 spiro atoms. The van der Waals surface area contributed by atoms with Crippen molar-refractivity contribution in [3.63, 3.8) is 0 Å². The molecule has 0 unspecified atom stereocenters. The molecule has 128 valence electrons. The minimum absolute atomic E-state index is 0.100. The van der Waals surface area contributed by atoms with Gasteiger partial charge in [-0.25, -0.2) is 12.7 Å². The molecule has 7 heteroatoms.